The lowest BCUT2D eigenvalue weighted by Crippen LogP contribution is -2.02. The monoisotopic (exact) mass is 284 g/mol. The van der Waals surface area contributed by atoms with Gasteiger partial charge in [0.15, 0.2) is 0 Å². The zero-order chi connectivity index (χ0) is 14.0. The topological polar surface area (TPSA) is 61.2 Å². The molecule has 1 heterocycles. The van der Waals surface area contributed by atoms with Crippen LogP contribution in [-0.2, 0) is 20.9 Å². The van der Waals surface area contributed by atoms with Crippen molar-refractivity contribution in [3.05, 3.63) is 47.5 Å². The van der Waals surface area contributed by atoms with Crippen LogP contribution in [0.5, 0.6) is 0 Å². The van der Waals surface area contributed by atoms with Crippen LogP contribution in [0.4, 0.5) is 4.39 Å². The van der Waals surface area contributed by atoms with Gasteiger partial charge in [0.05, 0.1) is 24.2 Å². The van der Waals surface area contributed by atoms with Gasteiger partial charge in [0.2, 0.25) is 0 Å². The van der Waals surface area contributed by atoms with Crippen LogP contribution in [0.1, 0.15) is 11.3 Å². The average Bonchev–Trinajstić information content (AvgIpc) is 2.68. The molecule has 0 aliphatic carbocycles. The molecule has 7 heteroatoms. The Balaban J connectivity index is 2.23. The van der Waals surface area contributed by atoms with E-state index in [0.717, 1.165) is 6.26 Å². The smallest absolute Gasteiger partial charge is 0.264 e. The first-order chi connectivity index (χ1) is 8.85. The van der Waals surface area contributed by atoms with Gasteiger partial charge in [-0.2, -0.15) is 13.5 Å². The average molecular weight is 284 g/mol. The molecule has 2 rings (SSSR count). The normalized spacial score (nSPS) is 11.7. The molecule has 0 spiro atoms. The van der Waals surface area contributed by atoms with Crippen LogP contribution >= 0.6 is 0 Å². The van der Waals surface area contributed by atoms with Crippen molar-refractivity contribution >= 4 is 10.1 Å². The fraction of sp³-hybridized carbons (Fsp3) is 0.250. The summed E-state index contributed by atoms with van der Waals surface area (Å²) in [4.78, 5) is 0. The van der Waals surface area contributed by atoms with E-state index in [1.165, 1.54) is 12.1 Å². The van der Waals surface area contributed by atoms with E-state index in [1.54, 1.807) is 29.9 Å². The van der Waals surface area contributed by atoms with Gasteiger partial charge in [0.1, 0.15) is 5.82 Å². The fourth-order valence-corrected chi connectivity index (χ4v) is 1.88. The molecule has 0 aliphatic rings. The van der Waals surface area contributed by atoms with Crippen molar-refractivity contribution in [2.24, 2.45) is 0 Å². The number of hydrogen-bond acceptors (Lipinski definition) is 4. The van der Waals surface area contributed by atoms with Crippen LogP contribution in [0.3, 0.4) is 0 Å². The molecule has 5 nitrogen and oxygen atoms in total. The van der Waals surface area contributed by atoms with E-state index in [1.807, 2.05) is 0 Å². The maximum absolute atomic E-state index is 12.8. The molecular weight excluding hydrogens is 271 g/mol. The van der Waals surface area contributed by atoms with Crippen molar-refractivity contribution in [3.8, 4) is 5.69 Å². The summed E-state index contributed by atoms with van der Waals surface area (Å²) in [5, 5.41) is 4.23. The van der Waals surface area contributed by atoms with E-state index in [2.05, 4.69) is 5.10 Å². The summed E-state index contributed by atoms with van der Waals surface area (Å²) in [6.07, 6.45) is 2.65. The van der Waals surface area contributed by atoms with E-state index in [9.17, 15) is 12.8 Å². The molecule has 0 amide bonds. The van der Waals surface area contributed by atoms with Crippen LogP contribution in [-0.4, -0.2) is 24.5 Å². The first-order valence-electron chi connectivity index (χ1n) is 5.50. The third-order valence-corrected chi connectivity index (χ3v) is 3.07. The van der Waals surface area contributed by atoms with Crippen LogP contribution in [0.2, 0.25) is 0 Å². The summed E-state index contributed by atoms with van der Waals surface area (Å²) in [6.45, 7) is 1.69. The number of aryl methyl sites for hydroxylation is 1. The van der Waals surface area contributed by atoms with Crippen LogP contribution < -0.4 is 0 Å². The highest BCUT2D eigenvalue weighted by Crippen LogP contribution is 2.14. The van der Waals surface area contributed by atoms with Gasteiger partial charge in [0, 0.05) is 11.8 Å². The van der Waals surface area contributed by atoms with Gasteiger partial charge in [-0.25, -0.2) is 9.07 Å². The number of aromatic nitrogens is 2. The first-order valence-corrected chi connectivity index (χ1v) is 7.32. The highest BCUT2D eigenvalue weighted by atomic mass is 32.2. The third-order valence-electron chi connectivity index (χ3n) is 2.52. The van der Waals surface area contributed by atoms with Crippen molar-refractivity contribution in [1.82, 2.24) is 9.78 Å². The Hall–Kier alpha value is -1.73. The summed E-state index contributed by atoms with van der Waals surface area (Å²) in [6, 6.07) is 5.84. The van der Waals surface area contributed by atoms with Gasteiger partial charge in [-0.05, 0) is 31.2 Å². The Bertz CT molecular complexity index is 678. The number of nitrogens with zero attached hydrogens (tertiary/aromatic N) is 2. The molecule has 0 radical (unpaired) electrons. The van der Waals surface area contributed by atoms with Gasteiger partial charge >= 0.3 is 0 Å². The molecule has 19 heavy (non-hydrogen) atoms. The van der Waals surface area contributed by atoms with E-state index in [4.69, 9.17) is 4.18 Å². The number of benzene rings is 1. The maximum atomic E-state index is 12.8. The molecule has 0 saturated carbocycles. The second-order valence-corrected chi connectivity index (χ2v) is 5.77. The van der Waals surface area contributed by atoms with E-state index in [0.29, 0.717) is 16.9 Å². The van der Waals surface area contributed by atoms with Crippen molar-refractivity contribution in [1.29, 1.82) is 0 Å². The number of hydrogen-bond donors (Lipinski definition) is 0. The molecular formula is C12H13FN2O3S. The molecule has 0 N–H and O–H groups in total. The molecule has 0 atom stereocenters. The fourth-order valence-electron chi connectivity index (χ4n) is 1.53. The summed E-state index contributed by atoms with van der Waals surface area (Å²) in [5.41, 5.74) is 2.01. The second kappa shape index (κ2) is 5.10. The van der Waals surface area contributed by atoms with E-state index >= 15 is 0 Å². The molecule has 0 saturated heterocycles. The Labute approximate surface area is 110 Å². The van der Waals surface area contributed by atoms with E-state index in [-0.39, 0.29) is 12.4 Å². The summed E-state index contributed by atoms with van der Waals surface area (Å²) < 4.78 is 41.0. The standard InChI is InChI=1S/C12H13FN2O3S/c1-9-10(8-18-19(2,16)17)7-15(14-9)12-5-3-11(13)4-6-12/h3-7H,8H2,1-2H3. The van der Waals surface area contributed by atoms with Gasteiger partial charge in [-0.3, -0.25) is 4.18 Å². The Morgan fingerprint density at radius 1 is 1.32 bits per heavy atom. The highest BCUT2D eigenvalue weighted by molar-refractivity contribution is 7.85. The minimum absolute atomic E-state index is 0.0636. The predicted octanol–water partition coefficient (Wildman–Crippen LogP) is 1.80. The zero-order valence-electron chi connectivity index (χ0n) is 10.5. The summed E-state index contributed by atoms with van der Waals surface area (Å²) in [7, 11) is -3.49. The molecule has 1 aromatic carbocycles. The van der Waals surface area contributed by atoms with Crippen LogP contribution in [0.15, 0.2) is 30.5 Å². The minimum atomic E-state index is -3.49. The van der Waals surface area contributed by atoms with Crippen molar-refractivity contribution < 1.29 is 17.0 Å². The predicted molar refractivity (Wildman–Crippen MR) is 67.9 cm³/mol. The van der Waals surface area contributed by atoms with Crippen molar-refractivity contribution in [3.63, 3.8) is 0 Å². The van der Waals surface area contributed by atoms with Gasteiger partial charge in [-0.15, -0.1) is 0 Å². The Morgan fingerprint density at radius 3 is 2.53 bits per heavy atom. The van der Waals surface area contributed by atoms with E-state index < -0.39 is 10.1 Å². The number of rotatable bonds is 4. The molecule has 0 bridgehead atoms. The van der Waals surface area contributed by atoms with Gasteiger partial charge < -0.3 is 0 Å². The highest BCUT2D eigenvalue weighted by Gasteiger charge is 2.09. The lowest BCUT2D eigenvalue weighted by Gasteiger charge is -2.00. The lowest BCUT2D eigenvalue weighted by molar-refractivity contribution is 0.311. The zero-order valence-corrected chi connectivity index (χ0v) is 11.3. The SMILES string of the molecule is Cc1nn(-c2ccc(F)cc2)cc1COS(C)(=O)=O. The molecule has 0 fully saturated rings. The quantitative estimate of drug-likeness (QED) is 0.803. The molecule has 1 aromatic heterocycles. The third kappa shape index (κ3) is 3.62. The second-order valence-electron chi connectivity index (χ2n) is 4.13. The molecule has 2 aromatic rings. The number of halogens is 1. The molecule has 0 aliphatic heterocycles. The van der Waals surface area contributed by atoms with Gasteiger partial charge in [0.25, 0.3) is 10.1 Å². The minimum Gasteiger partial charge on any atom is -0.265 e. The van der Waals surface area contributed by atoms with Crippen LogP contribution in [0.25, 0.3) is 5.69 Å². The largest absolute Gasteiger partial charge is 0.265 e. The van der Waals surface area contributed by atoms with Gasteiger partial charge in [-0.1, -0.05) is 0 Å². The molecule has 0 unspecified atom stereocenters. The summed E-state index contributed by atoms with van der Waals surface area (Å²) in [5.74, 6) is -0.326. The lowest BCUT2D eigenvalue weighted by atomic mass is 10.3. The first kappa shape index (κ1) is 13.7. The van der Waals surface area contributed by atoms with Crippen LogP contribution in [0, 0.1) is 12.7 Å². The molecule has 102 valence electrons. The summed E-state index contributed by atoms with van der Waals surface area (Å²) >= 11 is 0. The Kier molecular flexibility index (Phi) is 3.68. The maximum Gasteiger partial charge on any atom is 0.264 e. The van der Waals surface area contributed by atoms with Crippen molar-refractivity contribution in [2.45, 2.75) is 13.5 Å². The van der Waals surface area contributed by atoms with Crippen molar-refractivity contribution in [2.75, 3.05) is 6.26 Å². The Morgan fingerprint density at radius 2 is 1.95 bits per heavy atom.